The van der Waals surface area contributed by atoms with E-state index < -0.39 is 0 Å². The van der Waals surface area contributed by atoms with E-state index in [9.17, 15) is 0 Å². The van der Waals surface area contributed by atoms with Gasteiger partial charge in [0.25, 0.3) is 0 Å². The number of hydrogen-bond acceptors (Lipinski definition) is 4. The fourth-order valence-corrected chi connectivity index (χ4v) is 3.13. The quantitative estimate of drug-likeness (QED) is 0.840. The summed E-state index contributed by atoms with van der Waals surface area (Å²) in [6.45, 7) is 2.90. The van der Waals surface area contributed by atoms with Gasteiger partial charge < -0.3 is 10.6 Å². The van der Waals surface area contributed by atoms with E-state index in [2.05, 4.69) is 44.9 Å². The fourth-order valence-electron chi connectivity index (χ4n) is 3.13. The van der Waals surface area contributed by atoms with Crippen molar-refractivity contribution in [3.63, 3.8) is 0 Å². The Balaban J connectivity index is 1.56. The standard InChI is InChI=1S/C19H26N4/c1-15-14-18(20-13-12-16-8-4-2-5-9-16)23-19(21-15)22-17-10-6-3-7-11-17/h2,4-5,8-9,14,17H,3,6-7,10-13H2,1H3,(H2,20,21,22,23). The Labute approximate surface area is 138 Å². The van der Waals surface area contributed by atoms with Gasteiger partial charge in [-0.15, -0.1) is 0 Å². The molecule has 0 amide bonds. The number of hydrogen-bond donors (Lipinski definition) is 2. The van der Waals surface area contributed by atoms with Crippen LogP contribution in [0.5, 0.6) is 0 Å². The number of nitrogens with zero attached hydrogens (tertiary/aromatic N) is 2. The monoisotopic (exact) mass is 310 g/mol. The number of benzene rings is 1. The molecular weight excluding hydrogens is 284 g/mol. The Morgan fingerprint density at radius 3 is 2.61 bits per heavy atom. The van der Waals surface area contributed by atoms with Gasteiger partial charge in [0.15, 0.2) is 0 Å². The molecule has 0 atom stereocenters. The van der Waals surface area contributed by atoms with Gasteiger partial charge in [0.2, 0.25) is 5.95 Å². The van der Waals surface area contributed by atoms with Crippen molar-refractivity contribution in [2.75, 3.05) is 17.2 Å². The van der Waals surface area contributed by atoms with E-state index in [1.165, 1.54) is 37.7 Å². The largest absolute Gasteiger partial charge is 0.370 e. The van der Waals surface area contributed by atoms with Crippen LogP contribution in [0.4, 0.5) is 11.8 Å². The topological polar surface area (TPSA) is 49.8 Å². The molecule has 2 N–H and O–H groups in total. The van der Waals surface area contributed by atoms with Crippen LogP contribution in [0.2, 0.25) is 0 Å². The lowest BCUT2D eigenvalue weighted by molar-refractivity contribution is 0.461. The third kappa shape index (κ3) is 4.95. The molecule has 122 valence electrons. The maximum Gasteiger partial charge on any atom is 0.225 e. The molecule has 0 radical (unpaired) electrons. The normalized spacial score (nSPS) is 15.3. The molecule has 1 aliphatic carbocycles. The summed E-state index contributed by atoms with van der Waals surface area (Å²) in [5.41, 5.74) is 2.34. The number of nitrogens with one attached hydrogen (secondary N) is 2. The van der Waals surface area contributed by atoms with Crippen LogP contribution < -0.4 is 10.6 Å². The Kier molecular flexibility index (Phi) is 5.46. The molecule has 4 nitrogen and oxygen atoms in total. The first-order chi connectivity index (χ1) is 11.3. The molecular formula is C19H26N4. The fraction of sp³-hybridized carbons (Fsp3) is 0.474. The van der Waals surface area contributed by atoms with Crippen LogP contribution >= 0.6 is 0 Å². The van der Waals surface area contributed by atoms with Crippen LogP contribution in [0.3, 0.4) is 0 Å². The smallest absolute Gasteiger partial charge is 0.225 e. The molecule has 0 spiro atoms. The summed E-state index contributed by atoms with van der Waals surface area (Å²) < 4.78 is 0. The summed E-state index contributed by atoms with van der Waals surface area (Å²) in [5.74, 6) is 1.67. The van der Waals surface area contributed by atoms with Crippen molar-refractivity contribution in [1.82, 2.24) is 9.97 Å². The number of aryl methyl sites for hydroxylation is 1. The predicted molar refractivity (Wildman–Crippen MR) is 95.9 cm³/mol. The summed E-state index contributed by atoms with van der Waals surface area (Å²) in [4.78, 5) is 9.16. The zero-order valence-electron chi connectivity index (χ0n) is 13.9. The lowest BCUT2D eigenvalue weighted by Crippen LogP contribution is -2.24. The van der Waals surface area contributed by atoms with Crippen LogP contribution in [0.15, 0.2) is 36.4 Å². The van der Waals surface area contributed by atoms with Crippen molar-refractivity contribution in [2.45, 2.75) is 51.5 Å². The Hall–Kier alpha value is -2.10. The van der Waals surface area contributed by atoms with Crippen molar-refractivity contribution in [3.05, 3.63) is 47.7 Å². The van der Waals surface area contributed by atoms with Gasteiger partial charge >= 0.3 is 0 Å². The Bertz CT molecular complexity index is 606. The maximum atomic E-state index is 4.63. The van der Waals surface area contributed by atoms with Gasteiger partial charge in [-0.05, 0) is 31.7 Å². The van der Waals surface area contributed by atoms with Gasteiger partial charge in [-0.25, -0.2) is 4.98 Å². The van der Waals surface area contributed by atoms with Gasteiger partial charge in [0, 0.05) is 24.3 Å². The zero-order valence-corrected chi connectivity index (χ0v) is 13.9. The van der Waals surface area contributed by atoms with E-state index >= 15 is 0 Å². The molecule has 1 aromatic heterocycles. The lowest BCUT2D eigenvalue weighted by atomic mass is 9.96. The van der Waals surface area contributed by atoms with Crippen molar-refractivity contribution < 1.29 is 0 Å². The molecule has 1 heterocycles. The molecule has 1 aliphatic rings. The second-order valence-electron chi connectivity index (χ2n) is 6.36. The minimum Gasteiger partial charge on any atom is -0.370 e. The number of anilines is 2. The van der Waals surface area contributed by atoms with Gasteiger partial charge in [-0.3, -0.25) is 0 Å². The molecule has 1 fully saturated rings. The van der Waals surface area contributed by atoms with Crippen LogP contribution in [0.1, 0.15) is 43.4 Å². The highest BCUT2D eigenvalue weighted by atomic mass is 15.2. The van der Waals surface area contributed by atoms with E-state index in [4.69, 9.17) is 0 Å². The first-order valence-electron chi connectivity index (χ1n) is 8.69. The summed E-state index contributed by atoms with van der Waals surface area (Å²) >= 11 is 0. The first kappa shape index (κ1) is 15.8. The van der Waals surface area contributed by atoms with Gasteiger partial charge in [-0.2, -0.15) is 4.98 Å². The molecule has 1 saturated carbocycles. The second-order valence-corrected chi connectivity index (χ2v) is 6.36. The lowest BCUT2D eigenvalue weighted by Gasteiger charge is -2.23. The SMILES string of the molecule is Cc1cc(NCCc2ccccc2)nc(NC2CCCCC2)n1. The van der Waals surface area contributed by atoms with E-state index in [1.54, 1.807) is 0 Å². The minimum atomic E-state index is 0.530. The Morgan fingerprint density at radius 1 is 1.04 bits per heavy atom. The summed E-state index contributed by atoms with van der Waals surface area (Å²) in [5, 5.41) is 6.93. The molecule has 4 heteroatoms. The van der Waals surface area contributed by atoms with E-state index in [0.717, 1.165) is 30.4 Å². The summed E-state index contributed by atoms with van der Waals surface area (Å²) in [6, 6.07) is 13.1. The van der Waals surface area contributed by atoms with Gasteiger partial charge in [0.1, 0.15) is 5.82 Å². The van der Waals surface area contributed by atoms with Crippen molar-refractivity contribution in [2.24, 2.45) is 0 Å². The van der Waals surface area contributed by atoms with Crippen LogP contribution in [-0.2, 0) is 6.42 Å². The van der Waals surface area contributed by atoms with Crippen LogP contribution in [0, 0.1) is 6.92 Å². The van der Waals surface area contributed by atoms with Crippen molar-refractivity contribution in [1.29, 1.82) is 0 Å². The molecule has 0 bridgehead atoms. The zero-order chi connectivity index (χ0) is 15.9. The summed E-state index contributed by atoms with van der Waals surface area (Å²) in [7, 11) is 0. The molecule has 2 aromatic rings. The third-order valence-corrected chi connectivity index (χ3v) is 4.36. The van der Waals surface area contributed by atoms with Gasteiger partial charge in [0.05, 0.1) is 0 Å². The summed E-state index contributed by atoms with van der Waals surface area (Å²) in [6.07, 6.45) is 7.44. The van der Waals surface area contributed by atoms with Crippen LogP contribution in [-0.4, -0.2) is 22.6 Å². The minimum absolute atomic E-state index is 0.530. The van der Waals surface area contributed by atoms with Crippen LogP contribution in [0.25, 0.3) is 0 Å². The molecule has 0 saturated heterocycles. The molecule has 1 aromatic carbocycles. The highest BCUT2D eigenvalue weighted by Crippen LogP contribution is 2.21. The predicted octanol–water partition coefficient (Wildman–Crippen LogP) is 4.18. The molecule has 0 unspecified atom stereocenters. The molecule has 23 heavy (non-hydrogen) atoms. The van der Waals surface area contributed by atoms with E-state index in [-0.39, 0.29) is 0 Å². The highest BCUT2D eigenvalue weighted by molar-refractivity contribution is 5.42. The first-order valence-corrected chi connectivity index (χ1v) is 8.69. The number of aromatic nitrogens is 2. The van der Waals surface area contributed by atoms with Gasteiger partial charge in [-0.1, -0.05) is 49.6 Å². The second kappa shape index (κ2) is 7.95. The molecule has 3 rings (SSSR count). The van der Waals surface area contributed by atoms with Crippen molar-refractivity contribution in [3.8, 4) is 0 Å². The number of rotatable bonds is 6. The Morgan fingerprint density at radius 2 is 1.83 bits per heavy atom. The van der Waals surface area contributed by atoms with Crippen molar-refractivity contribution >= 4 is 11.8 Å². The average Bonchev–Trinajstić information content (AvgIpc) is 2.56. The average molecular weight is 310 g/mol. The maximum absolute atomic E-state index is 4.63. The van der Waals surface area contributed by atoms with E-state index in [1.807, 2.05) is 19.1 Å². The highest BCUT2D eigenvalue weighted by Gasteiger charge is 2.14. The molecule has 0 aliphatic heterocycles. The van der Waals surface area contributed by atoms with E-state index in [0.29, 0.717) is 6.04 Å². The third-order valence-electron chi connectivity index (χ3n) is 4.36.